The molecular weight excluding hydrogens is 317 g/mol. The van der Waals surface area contributed by atoms with E-state index < -0.39 is 17.8 Å². The Morgan fingerprint density at radius 3 is 2.57 bits per heavy atom. The van der Waals surface area contributed by atoms with Crippen molar-refractivity contribution < 1.29 is 19.4 Å². The Balaban J connectivity index is 2.47. The zero-order valence-corrected chi connectivity index (χ0v) is 13.2. The van der Waals surface area contributed by atoms with Crippen molar-refractivity contribution in [1.82, 2.24) is 5.32 Å². The van der Waals surface area contributed by atoms with Gasteiger partial charge in [0, 0.05) is 17.6 Å². The molecule has 0 bridgehead atoms. The van der Waals surface area contributed by atoms with Crippen molar-refractivity contribution in [2.24, 2.45) is 11.8 Å². The quantitative estimate of drug-likeness (QED) is 0.804. The number of amides is 1. The predicted molar refractivity (Wildman–Crippen MR) is 80.9 cm³/mol. The third-order valence-corrected chi connectivity index (χ3v) is 3.44. The van der Waals surface area contributed by atoms with Crippen LogP contribution < -0.4 is 10.1 Å². The first-order valence-electron chi connectivity index (χ1n) is 6.38. The number of hydrogen-bond acceptors (Lipinski definition) is 3. The Kier molecular flexibility index (Phi) is 6.78. The van der Waals surface area contributed by atoms with Crippen LogP contribution in [0.25, 0.3) is 0 Å². The molecule has 1 atom stereocenters. The molecule has 21 heavy (non-hydrogen) atoms. The molecule has 0 aromatic heterocycles. The van der Waals surface area contributed by atoms with E-state index in [9.17, 15) is 9.59 Å². The monoisotopic (exact) mass is 333 g/mol. The first kappa shape index (κ1) is 17.6. The van der Waals surface area contributed by atoms with Gasteiger partial charge in [0.1, 0.15) is 5.75 Å². The minimum atomic E-state index is -0.941. The van der Waals surface area contributed by atoms with Crippen molar-refractivity contribution in [3.8, 4) is 5.75 Å². The summed E-state index contributed by atoms with van der Waals surface area (Å²) >= 11 is 11.7. The highest BCUT2D eigenvalue weighted by molar-refractivity contribution is 6.34. The molecule has 1 aromatic carbocycles. The molecule has 1 aromatic rings. The summed E-state index contributed by atoms with van der Waals surface area (Å²) in [5, 5.41) is 12.3. The van der Waals surface area contributed by atoms with Gasteiger partial charge in [-0.3, -0.25) is 9.59 Å². The number of rotatable bonds is 7. The largest absolute Gasteiger partial charge is 0.482 e. The van der Waals surface area contributed by atoms with E-state index in [1.807, 2.05) is 0 Å². The van der Waals surface area contributed by atoms with E-state index in [1.165, 1.54) is 6.07 Å². The summed E-state index contributed by atoms with van der Waals surface area (Å²) in [7, 11) is 0. The van der Waals surface area contributed by atoms with Crippen LogP contribution in [0.2, 0.25) is 10.0 Å². The third kappa shape index (κ3) is 5.81. The lowest BCUT2D eigenvalue weighted by molar-refractivity contribution is -0.143. The maximum Gasteiger partial charge on any atom is 0.308 e. The van der Waals surface area contributed by atoms with Gasteiger partial charge in [0.15, 0.2) is 6.61 Å². The summed E-state index contributed by atoms with van der Waals surface area (Å²) in [5.41, 5.74) is 0. The predicted octanol–water partition coefficient (Wildman–Crippen LogP) is 2.85. The molecule has 0 saturated heterocycles. The minimum absolute atomic E-state index is 0.0540. The summed E-state index contributed by atoms with van der Waals surface area (Å²) in [6.07, 6.45) is 0. The summed E-state index contributed by atoms with van der Waals surface area (Å²) in [4.78, 5) is 22.7. The summed E-state index contributed by atoms with van der Waals surface area (Å²) in [6.45, 7) is 3.36. The third-order valence-electron chi connectivity index (χ3n) is 2.89. The molecule has 5 nitrogen and oxygen atoms in total. The van der Waals surface area contributed by atoms with E-state index in [0.717, 1.165) is 0 Å². The molecule has 0 aliphatic heterocycles. The van der Waals surface area contributed by atoms with Crippen LogP contribution in [0.5, 0.6) is 5.75 Å². The van der Waals surface area contributed by atoms with Crippen LogP contribution in [-0.4, -0.2) is 30.1 Å². The van der Waals surface area contributed by atoms with Gasteiger partial charge in [-0.05, 0) is 18.1 Å². The highest BCUT2D eigenvalue weighted by Crippen LogP contribution is 2.27. The van der Waals surface area contributed by atoms with Crippen LogP contribution in [0.3, 0.4) is 0 Å². The summed E-state index contributed by atoms with van der Waals surface area (Å²) < 4.78 is 5.26. The first-order valence-corrected chi connectivity index (χ1v) is 7.14. The Hall–Kier alpha value is -1.46. The molecule has 1 unspecified atom stereocenters. The maximum atomic E-state index is 11.7. The number of nitrogens with one attached hydrogen (secondary N) is 1. The SMILES string of the molecule is CC(C)C(CNC(=O)COc1cc(Cl)ccc1Cl)C(=O)O. The zero-order chi connectivity index (χ0) is 16.0. The van der Waals surface area contributed by atoms with E-state index in [2.05, 4.69) is 5.32 Å². The van der Waals surface area contributed by atoms with E-state index in [0.29, 0.717) is 15.8 Å². The average molecular weight is 334 g/mol. The van der Waals surface area contributed by atoms with Gasteiger partial charge in [-0.1, -0.05) is 37.0 Å². The highest BCUT2D eigenvalue weighted by atomic mass is 35.5. The van der Waals surface area contributed by atoms with Crippen LogP contribution in [0.4, 0.5) is 0 Å². The van der Waals surface area contributed by atoms with Gasteiger partial charge in [-0.15, -0.1) is 0 Å². The summed E-state index contributed by atoms with van der Waals surface area (Å²) in [5.74, 6) is -1.77. The van der Waals surface area contributed by atoms with Crippen LogP contribution in [0.1, 0.15) is 13.8 Å². The lowest BCUT2D eigenvalue weighted by Gasteiger charge is -2.17. The molecule has 0 radical (unpaired) electrons. The number of aliphatic carboxylic acids is 1. The first-order chi connectivity index (χ1) is 9.81. The number of carboxylic acids is 1. The van der Waals surface area contributed by atoms with Gasteiger partial charge in [0.2, 0.25) is 0 Å². The number of benzene rings is 1. The molecule has 0 fully saturated rings. The number of hydrogen-bond donors (Lipinski definition) is 2. The Bertz CT molecular complexity index is 520. The number of halogens is 2. The molecule has 1 amide bonds. The van der Waals surface area contributed by atoms with E-state index in [-0.39, 0.29) is 19.1 Å². The van der Waals surface area contributed by atoms with E-state index in [1.54, 1.807) is 26.0 Å². The van der Waals surface area contributed by atoms with Gasteiger partial charge in [0.05, 0.1) is 10.9 Å². The second-order valence-electron chi connectivity index (χ2n) is 4.86. The van der Waals surface area contributed by atoms with Crippen LogP contribution >= 0.6 is 23.2 Å². The molecule has 1 rings (SSSR count). The molecule has 116 valence electrons. The number of carbonyl (C=O) groups is 2. The van der Waals surface area contributed by atoms with Crippen LogP contribution in [0, 0.1) is 11.8 Å². The van der Waals surface area contributed by atoms with E-state index in [4.69, 9.17) is 33.0 Å². The lowest BCUT2D eigenvalue weighted by atomic mass is 9.96. The topological polar surface area (TPSA) is 75.6 Å². The normalized spacial score (nSPS) is 12.0. The molecule has 0 spiro atoms. The molecule has 7 heteroatoms. The fourth-order valence-corrected chi connectivity index (χ4v) is 1.95. The number of carboxylic acid groups (broad SMARTS) is 1. The average Bonchev–Trinajstić information content (AvgIpc) is 2.39. The second kappa shape index (κ2) is 8.10. The maximum absolute atomic E-state index is 11.7. The Morgan fingerprint density at radius 1 is 1.33 bits per heavy atom. The Labute approximate surface area is 133 Å². The van der Waals surface area contributed by atoms with Crippen molar-refractivity contribution >= 4 is 35.1 Å². The molecular formula is C14H17Cl2NO4. The molecule has 0 heterocycles. The standard InChI is InChI=1S/C14H17Cl2NO4/c1-8(2)10(14(19)20)6-17-13(18)7-21-12-5-9(15)3-4-11(12)16/h3-5,8,10H,6-7H2,1-2H3,(H,17,18)(H,19,20). The fraction of sp³-hybridized carbons (Fsp3) is 0.429. The van der Waals surface area contributed by atoms with Gasteiger partial charge in [-0.25, -0.2) is 0 Å². The van der Waals surface area contributed by atoms with E-state index >= 15 is 0 Å². The number of carbonyl (C=O) groups excluding carboxylic acids is 1. The summed E-state index contributed by atoms with van der Waals surface area (Å²) in [6, 6.07) is 4.68. The van der Waals surface area contributed by atoms with Crippen molar-refractivity contribution in [1.29, 1.82) is 0 Å². The van der Waals surface area contributed by atoms with Crippen molar-refractivity contribution in [2.45, 2.75) is 13.8 Å². The van der Waals surface area contributed by atoms with Crippen molar-refractivity contribution in [3.05, 3.63) is 28.2 Å². The van der Waals surface area contributed by atoms with Crippen molar-refractivity contribution in [2.75, 3.05) is 13.2 Å². The van der Waals surface area contributed by atoms with Gasteiger partial charge >= 0.3 is 5.97 Å². The smallest absolute Gasteiger partial charge is 0.308 e. The minimum Gasteiger partial charge on any atom is -0.482 e. The lowest BCUT2D eigenvalue weighted by Crippen LogP contribution is -2.37. The fourth-order valence-electron chi connectivity index (χ4n) is 1.61. The second-order valence-corrected chi connectivity index (χ2v) is 5.70. The highest BCUT2D eigenvalue weighted by Gasteiger charge is 2.22. The molecule has 2 N–H and O–H groups in total. The van der Waals surface area contributed by atoms with Crippen LogP contribution in [-0.2, 0) is 9.59 Å². The van der Waals surface area contributed by atoms with Gasteiger partial charge in [-0.2, -0.15) is 0 Å². The van der Waals surface area contributed by atoms with Gasteiger partial charge in [0.25, 0.3) is 5.91 Å². The molecule has 0 aliphatic rings. The molecule has 0 aliphatic carbocycles. The Morgan fingerprint density at radius 2 is 2.00 bits per heavy atom. The van der Waals surface area contributed by atoms with Crippen LogP contribution in [0.15, 0.2) is 18.2 Å². The van der Waals surface area contributed by atoms with Crippen molar-refractivity contribution in [3.63, 3.8) is 0 Å². The zero-order valence-electron chi connectivity index (χ0n) is 11.7. The molecule has 0 saturated carbocycles. The number of ether oxygens (including phenoxy) is 1. The van der Waals surface area contributed by atoms with Gasteiger partial charge < -0.3 is 15.2 Å².